The molecule has 0 unspecified atom stereocenters. The molecule has 168 valence electrons. The van der Waals surface area contributed by atoms with Crippen molar-refractivity contribution in [2.75, 3.05) is 45.3 Å². The minimum Gasteiger partial charge on any atom is -0.493 e. The van der Waals surface area contributed by atoms with Gasteiger partial charge in [0, 0.05) is 35.3 Å². The molecule has 0 aliphatic heterocycles. The van der Waals surface area contributed by atoms with Crippen LogP contribution in [-0.4, -0.2) is 56.2 Å². The number of methoxy groups -OCH3 is 2. The highest BCUT2D eigenvalue weighted by atomic mass is 79.9. The van der Waals surface area contributed by atoms with Crippen molar-refractivity contribution in [3.8, 4) is 11.5 Å². The maximum absolute atomic E-state index is 13.4. The summed E-state index contributed by atoms with van der Waals surface area (Å²) in [5, 5.41) is 0.667. The number of hydrogen-bond acceptors (Lipinski definition) is 6. The van der Waals surface area contributed by atoms with Gasteiger partial charge in [-0.1, -0.05) is 41.1 Å². The second-order valence-corrected chi connectivity index (χ2v) is 8.59. The highest BCUT2D eigenvalue weighted by molar-refractivity contribution is 9.10. The van der Waals surface area contributed by atoms with E-state index in [4.69, 9.17) is 14.5 Å². The van der Waals surface area contributed by atoms with Crippen molar-refractivity contribution in [2.24, 2.45) is 0 Å². The summed E-state index contributed by atoms with van der Waals surface area (Å²) < 4.78 is 12.7. The van der Waals surface area contributed by atoms with Crippen LogP contribution in [0.1, 0.15) is 24.2 Å². The first-order valence-corrected chi connectivity index (χ1v) is 11.4. The quantitative estimate of drug-likeness (QED) is 0.368. The van der Waals surface area contributed by atoms with Crippen molar-refractivity contribution >= 4 is 60.9 Å². The molecule has 2 aromatic carbocycles. The standard InChI is InChI=1S/C22H26BrN3O3S.ClH/c1-5-25(6-2)11-12-26(21(27)15-7-9-16(23)10-8-15)22-24-17-13-18(28-3)19(29-4)14-20(17)30-22;/h7-10,13-14H,5-6,11-12H2,1-4H3;1H. The van der Waals surface area contributed by atoms with Crippen molar-refractivity contribution in [2.45, 2.75) is 13.8 Å². The number of ether oxygens (including phenoxy) is 2. The summed E-state index contributed by atoms with van der Waals surface area (Å²) in [6.45, 7) is 7.46. The molecular formula is C22H27BrClN3O3S. The highest BCUT2D eigenvalue weighted by Gasteiger charge is 2.22. The fourth-order valence-electron chi connectivity index (χ4n) is 3.17. The maximum Gasteiger partial charge on any atom is 0.260 e. The van der Waals surface area contributed by atoms with Crippen LogP contribution in [0.15, 0.2) is 40.9 Å². The number of amides is 1. The number of fused-ring (bicyclic) bond motifs is 1. The highest BCUT2D eigenvalue weighted by Crippen LogP contribution is 2.37. The molecule has 0 N–H and O–H groups in total. The summed E-state index contributed by atoms with van der Waals surface area (Å²) in [4.78, 5) is 22.2. The zero-order chi connectivity index (χ0) is 21.7. The fraction of sp³-hybridized carbons (Fsp3) is 0.364. The number of halogens is 2. The fourth-order valence-corrected chi connectivity index (χ4v) is 4.44. The average Bonchev–Trinajstić information content (AvgIpc) is 3.18. The summed E-state index contributed by atoms with van der Waals surface area (Å²) in [5.41, 5.74) is 1.41. The number of thiazole rings is 1. The summed E-state index contributed by atoms with van der Waals surface area (Å²) in [5.74, 6) is 1.21. The van der Waals surface area contributed by atoms with Gasteiger partial charge in [0.1, 0.15) is 0 Å². The smallest absolute Gasteiger partial charge is 0.260 e. The van der Waals surface area contributed by atoms with Crippen LogP contribution in [0.4, 0.5) is 5.13 Å². The Balaban J connectivity index is 0.00000341. The number of hydrogen-bond donors (Lipinski definition) is 0. The third-order valence-electron chi connectivity index (χ3n) is 4.98. The van der Waals surface area contributed by atoms with E-state index in [0.717, 1.165) is 34.3 Å². The minimum atomic E-state index is -0.0624. The third-order valence-corrected chi connectivity index (χ3v) is 6.55. The Hall–Kier alpha value is -1.87. The van der Waals surface area contributed by atoms with Gasteiger partial charge < -0.3 is 14.4 Å². The number of carbonyl (C=O) groups is 1. The topological polar surface area (TPSA) is 54.9 Å². The molecule has 0 bridgehead atoms. The van der Waals surface area contributed by atoms with E-state index in [0.29, 0.717) is 28.7 Å². The van der Waals surface area contributed by atoms with Gasteiger partial charge in [-0.3, -0.25) is 9.69 Å². The number of nitrogens with zero attached hydrogens (tertiary/aromatic N) is 3. The Morgan fingerprint density at radius 1 is 1.03 bits per heavy atom. The largest absolute Gasteiger partial charge is 0.493 e. The number of likely N-dealkylation sites (N-methyl/N-ethyl adjacent to an activating group) is 1. The van der Waals surface area contributed by atoms with E-state index in [9.17, 15) is 4.79 Å². The van der Waals surface area contributed by atoms with Crippen molar-refractivity contribution in [1.29, 1.82) is 0 Å². The Kier molecular flexibility index (Phi) is 9.55. The minimum absolute atomic E-state index is 0. The lowest BCUT2D eigenvalue weighted by atomic mass is 10.2. The molecule has 0 aliphatic carbocycles. The molecule has 6 nitrogen and oxygen atoms in total. The first-order valence-electron chi connectivity index (χ1n) is 9.83. The van der Waals surface area contributed by atoms with Crippen molar-refractivity contribution in [3.63, 3.8) is 0 Å². The van der Waals surface area contributed by atoms with Gasteiger partial charge in [0.2, 0.25) is 0 Å². The van der Waals surface area contributed by atoms with Gasteiger partial charge in [0.15, 0.2) is 16.6 Å². The third kappa shape index (κ3) is 5.88. The zero-order valence-corrected chi connectivity index (χ0v) is 21.3. The molecule has 3 rings (SSSR count). The molecule has 0 atom stereocenters. The van der Waals surface area contributed by atoms with Crippen LogP contribution in [-0.2, 0) is 0 Å². The molecule has 0 saturated heterocycles. The van der Waals surface area contributed by atoms with Gasteiger partial charge in [-0.05, 0) is 37.4 Å². The lowest BCUT2D eigenvalue weighted by Gasteiger charge is -2.24. The van der Waals surface area contributed by atoms with Crippen LogP contribution < -0.4 is 14.4 Å². The lowest BCUT2D eigenvalue weighted by molar-refractivity contribution is 0.0984. The van der Waals surface area contributed by atoms with Crippen LogP contribution in [0.2, 0.25) is 0 Å². The van der Waals surface area contributed by atoms with Gasteiger partial charge in [0.25, 0.3) is 5.91 Å². The van der Waals surface area contributed by atoms with E-state index < -0.39 is 0 Å². The molecule has 0 spiro atoms. The van der Waals surface area contributed by atoms with E-state index in [2.05, 4.69) is 34.7 Å². The summed E-state index contributed by atoms with van der Waals surface area (Å²) in [6, 6.07) is 11.2. The Labute approximate surface area is 201 Å². The van der Waals surface area contributed by atoms with Crippen LogP contribution in [0.3, 0.4) is 0 Å². The van der Waals surface area contributed by atoms with Gasteiger partial charge >= 0.3 is 0 Å². The summed E-state index contributed by atoms with van der Waals surface area (Å²) in [7, 11) is 3.21. The Morgan fingerprint density at radius 3 is 2.23 bits per heavy atom. The van der Waals surface area contributed by atoms with E-state index in [1.807, 2.05) is 36.4 Å². The van der Waals surface area contributed by atoms with Gasteiger partial charge in [-0.15, -0.1) is 12.4 Å². The number of rotatable bonds is 9. The van der Waals surface area contributed by atoms with Crippen LogP contribution in [0.25, 0.3) is 10.2 Å². The number of carbonyl (C=O) groups excluding carboxylic acids is 1. The van der Waals surface area contributed by atoms with Crippen molar-refractivity contribution < 1.29 is 14.3 Å². The Bertz CT molecular complexity index is 968. The van der Waals surface area contributed by atoms with Crippen LogP contribution in [0.5, 0.6) is 11.5 Å². The molecule has 0 fully saturated rings. The molecule has 0 radical (unpaired) electrons. The molecule has 0 aliphatic rings. The molecule has 9 heteroatoms. The van der Waals surface area contributed by atoms with Crippen molar-refractivity contribution in [1.82, 2.24) is 9.88 Å². The van der Waals surface area contributed by atoms with Gasteiger partial charge in [-0.25, -0.2) is 4.98 Å². The average molecular weight is 529 g/mol. The van der Waals surface area contributed by atoms with E-state index in [-0.39, 0.29) is 18.3 Å². The predicted molar refractivity (Wildman–Crippen MR) is 134 cm³/mol. The second-order valence-electron chi connectivity index (χ2n) is 6.66. The van der Waals surface area contributed by atoms with Crippen LogP contribution >= 0.6 is 39.7 Å². The Morgan fingerprint density at radius 2 is 1.65 bits per heavy atom. The summed E-state index contributed by atoms with van der Waals surface area (Å²) in [6.07, 6.45) is 0. The molecular weight excluding hydrogens is 502 g/mol. The zero-order valence-electron chi connectivity index (χ0n) is 18.1. The molecule has 1 aromatic heterocycles. The SMILES string of the molecule is CCN(CC)CCN(C(=O)c1ccc(Br)cc1)c1nc2cc(OC)c(OC)cc2s1.Cl. The monoisotopic (exact) mass is 527 g/mol. The first-order chi connectivity index (χ1) is 14.5. The number of benzene rings is 2. The molecule has 3 aromatic rings. The second kappa shape index (κ2) is 11.7. The van der Waals surface area contributed by atoms with E-state index >= 15 is 0 Å². The molecule has 1 amide bonds. The number of anilines is 1. The van der Waals surface area contributed by atoms with E-state index in [1.54, 1.807) is 19.1 Å². The normalized spacial score (nSPS) is 10.8. The lowest BCUT2D eigenvalue weighted by Crippen LogP contribution is -2.38. The van der Waals surface area contributed by atoms with Crippen molar-refractivity contribution in [3.05, 3.63) is 46.4 Å². The van der Waals surface area contributed by atoms with Crippen LogP contribution in [0, 0.1) is 0 Å². The predicted octanol–water partition coefficient (Wildman–Crippen LogP) is 5.49. The van der Waals surface area contributed by atoms with Gasteiger partial charge in [-0.2, -0.15) is 0 Å². The molecule has 0 saturated carbocycles. The number of aromatic nitrogens is 1. The molecule has 31 heavy (non-hydrogen) atoms. The van der Waals surface area contributed by atoms with E-state index in [1.165, 1.54) is 11.3 Å². The molecule has 1 heterocycles. The van der Waals surface area contributed by atoms with Gasteiger partial charge in [0.05, 0.1) is 24.4 Å². The first kappa shape index (κ1) is 25.4. The summed E-state index contributed by atoms with van der Waals surface area (Å²) >= 11 is 4.91. The maximum atomic E-state index is 13.4.